The van der Waals surface area contributed by atoms with E-state index in [2.05, 4.69) is 15.3 Å². The maximum absolute atomic E-state index is 13.7. The number of aryl methyl sites for hydroxylation is 1. The standard InChI is InChI=1S/C17H20F2N4O/c1-22-7-6-16(21-22)17(24)20-14-4-8-23(9-5-14)11-12-10-13(18)2-3-15(12)19/h2-3,6-7,10,14H,4-5,8-9,11H2,1H3,(H,20,24). The minimum atomic E-state index is -0.427. The number of rotatable bonds is 4. The number of hydrogen-bond donors (Lipinski definition) is 1. The number of aromatic nitrogens is 2. The van der Waals surface area contributed by atoms with Gasteiger partial charge in [-0.3, -0.25) is 14.4 Å². The third kappa shape index (κ3) is 3.97. The van der Waals surface area contributed by atoms with Crippen LogP contribution >= 0.6 is 0 Å². The van der Waals surface area contributed by atoms with Gasteiger partial charge in [0.2, 0.25) is 0 Å². The van der Waals surface area contributed by atoms with E-state index in [1.165, 1.54) is 6.07 Å². The number of halogens is 2. The smallest absolute Gasteiger partial charge is 0.271 e. The molecule has 0 unspecified atom stereocenters. The number of likely N-dealkylation sites (tertiary alicyclic amines) is 1. The molecule has 0 spiro atoms. The highest BCUT2D eigenvalue weighted by Gasteiger charge is 2.22. The molecule has 7 heteroatoms. The number of amides is 1. The number of carbonyl (C=O) groups is 1. The first-order valence-electron chi connectivity index (χ1n) is 7.98. The predicted octanol–water partition coefficient (Wildman–Crippen LogP) is 2.09. The Bertz CT molecular complexity index is 723. The van der Waals surface area contributed by atoms with Gasteiger partial charge in [-0.25, -0.2) is 8.78 Å². The van der Waals surface area contributed by atoms with Crippen molar-refractivity contribution in [1.82, 2.24) is 20.0 Å². The van der Waals surface area contributed by atoms with E-state index in [0.29, 0.717) is 17.8 Å². The van der Waals surface area contributed by atoms with Crippen LogP contribution in [0.2, 0.25) is 0 Å². The average molecular weight is 334 g/mol. The molecule has 1 aliphatic heterocycles. The van der Waals surface area contributed by atoms with Gasteiger partial charge in [0.15, 0.2) is 0 Å². The van der Waals surface area contributed by atoms with Crippen molar-refractivity contribution < 1.29 is 13.6 Å². The Kier molecular flexibility index (Phi) is 4.89. The topological polar surface area (TPSA) is 50.2 Å². The molecule has 1 saturated heterocycles. The van der Waals surface area contributed by atoms with Crippen LogP contribution in [0.25, 0.3) is 0 Å². The Morgan fingerprint density at radius 2 is 2.04 bits per heavy atom. The molecule has 1 aromatic carbocycles. The van der Waals surface area contributed by atoms with Crippen molar-refractivity contribution in [3.05, 3.63) is 53.4 Å². The maximum atomic E-state index is 13.7. The summed E-state index contributed by atoms with van der Waals surface area (Å²) < 4.78 is 28.5. The molecule has 128 valence electrons. The minimum absolute atomic E-state index is 0.0770. The molecular formula is C17H20F2N4O. The molecule has 2 heterocycles. The highest BCUT2D eigenvalue weighted by atomic mass is 19.1. The molecule has 5 nitrogen and oxygen atoms in total. The molecule has 0 atom stereocenters. The first-order chi connectivity index (χ1) is 11.5. The fourth-order valence-electron chi connectivity index (χ4n) is 2.94. The van der Waals surface area contributed by atoms with Crippen molar-refractivity contribution in [2.75, 3.05) is 13.1 Å². The lowest BCUT2D eigenvalue weighted by Crippen LogP contribution is -2.44. The monoisotopic (exact) mass is 334 g/mol. The first kappa shape index (κ1) is 16.6. The molecule has 0 radical (unpaired) electrons. The Morgan fingerprint density at radius 3 is 2.71 bits per heavy atom. The third-order valence-corrected chi connectivity index (χ3v) is 4.27. The average Bonchev–Trinajstić information content (AvgIpc) is 2.99. The van der Waals surface area contributed by atoms with Crippen LogP contribution in [0.4, 0.5) is 8.78 Å². The summed E-state index contributed by atoms with van der Waals surface area (Å²) in [4.78, 5) is 14.2. The lowest BCUT2D eigenvalue weighted by atomic mass is 10.0. The van der Waals surface area contributed by atoms with Gasteiger partial charge in [0.25, 0.3) is 5.91 Å². The molecule has 1 N–H and O–H groups in total. The highest BCUT2D eigenvalue weighted by Crippen LogP contribution is 2.17. The number of benzene rings is 1. The van der Waals surface area contributed by atoms with Crippen molar-refractivity contribution in [2.24, 2.45) is 7.05 Å². The van der Waals surface area contributed by atoms with E-state index in [1.807, 2.05) is 0 Å². The van der Waals surface area contributed by atoms with Gasteiger partial charge in [-0.05, 0) is 37.1 Å². The third-order valence-electron chi connectivity index (χ3n) is 4.27. The van der Waals surface area contributed by atoms with Gasteiger partial charge in [0.1, 0.15) is 17.3 Å². The summed E-state index contributed by atoms with van der Waals surface area (Å²) in [6.45, 7) is 1.83. The Morgan fingerprint density at radius 1 is 1.29 bits per heavy atom. The van der Waals surface area contributed by atoms with E-state index in [9.17, 15) is 13.6 Å². The summed E-state index contributed by atoms with van der Waals surface area (Å²) in [5, 5.41) is 7.06. The second-order valence-corrected chi connectivity index (χ2v) is 6.13. The Labute approximate surface area is 139 Å². The fraction of sp³-hybridized carbons (Fsp3) is 0.412. The summed E-state index contributed by atoms with van der Waals surface area (Å²) >= 11 is 0. The van der Waals surface area contributed by atoms with Crippen LogP contribution in [-0.4, -0.2) is 39.7 Å². The fourth-order valence-corrected chi connectivity index (χ4v) is 2.94. The summed E-state index contributed by atoms with van der Waals surface area (Å²) in [5.41, 5.74) is 0.771. The summed E-state index contributed by atoms with van der Waals surface area (Å²) in [6.07, 6.45) is 3.27. The normalized spacial score (nSPS) is 16.3. The highest BCUT2D eigenvalue weighted by molar-refractivity contribution is 5.92. The Hall–Kier alpha value is -2.28. The molecular weight excluding hydrogens is 314 g/mol. The second-order valence-electron chi connectivity index (χ2n) is 6.13. The molecule has 0 aliphatic carbocycles. The van der Waals surface area contributed by atoms with Crippen LogP contribution in [0.5, 0.6) is 0 Å². The molecule has 1 amide bonds. The zero-order chi connectivity index (χ0) is 17.1. The van der Waals surface area contributed by atoms with Gasteiger partial charge in [-0.1, -0.05) is 0 Å². The van der Waals surface area contributed by atoms with Crippen LogP contribution in [0.3, 0.4) is 0 Å². The molecule has 24 heavy (non-hydrogen) atoms. The van der Waals surface area contributed by atoms with E-state index >= 15 is 0 Å². The summed E-state index contributed by atoms with van der Waals surface area (Å²) in [7, 11) is 1.76. The van der Waals surface area contributed by atoms with Crippen LogP contribution < -0.4 is 5.32 Å². The quantitative estimate of drug-likeness (QED) is 0.931. The van der Waals surface area contributed by atoms with Crippen molar-refractivity contribution >= 4 is 5.91 Å². The molecule has 1 aromatic heterocycles. The van der Waals surface area contributed by atoms with Crippen LogP contribution in [-0.2, 0) is 13.6 Å². The first-order valence-corrected chi connectivity index (χ1v) is 7.98. The maximum Gasteiger partial charge on any atom is 0.271 e. The number of nitrogens with one attached hydrogen (secondary N) is 1. The van der Waals surface area contributed by atoms with E-state index in [0.717, 1.165) is 38.1 Å². The van der Waals surface area contributed by atoms with Gasteiger partial charge in [0, 0.05) is 44.5 Å². The van der Waals surface area contributed by atoms with Crippen LogP contribution in [0.15, 0.2) is 30.5 Å². The van der Waals surface area contributed by atoms with E-state index < -0.39 is 5.82 Å². The molecule has 1 aliphatic rings. The van der Waals surface area contributed by atoms with E-state index in [1.54, 1.807) is 24.0 Å². The zero-order valence-electron chi connectivity index (χ0n) is 13.5. The van der Waals surface area contributed by atoms with Gasteiger partial charge in [-0.15, -0.1) is 0 Å². The van der Waals surface area contributed by atoms with Crippen LogP contribution in [0.1, 0.15) is 28.9 Å². The molecule has 3 rings (SSSR count). The largest absolute Gasteiger partial charge is 0.348 e. The van der Waals surface area contributed by atoms with Gasteiger partial charge in [0.05, 0.1) is 0 Å². The van der Waals surface area contributed by atoms with Gasteiger partial charge in [-0.2, -0.15) is 5.10 Å². The van der Waals surface area contributed by atoms with Gasteiger partial charge >= 0.3 is 0 Å². The number of nitrogens with zero attached hydrogens (tertiary/aromatic N) is 3. The van der Waals surface area contributed by atoms with E-state index in [-0.39, 0.29) is 17.8 Å². The zero-order valence-corrected chi connectivity index (χ0v) is 13.5. The van der Waals surface area contributed by atoms with Crippen molar-refractivity contribution in [3.63, 3.8) is 0 Å². The molecule has 1 fully saturated rings. The van der Waals surface area contributed by atoms with Gasteiger partial charge < -0.3 is 5.32 Å². The molecule has 2 aromatic rings. The summed E-state index contributed by atoms with van der Waals surface area (Å²) in [5.74, 6) is -0.990. The molecule has 0 bridgehead atoms. The number of piperidine rings is 1. The van der Waals surface area contributed by atoms with E-state index in [4.69, 9.17) is 0 Å². The SMILES string of the molecule is Cn1ccc(C(=O)NC2CCN(Cc3cc(F)ccc3F)CC2)n1. The number of hydrogen-bond acceptors (Lipinski definition) is 3. The lowest BCUT2D eigenvalue weighted by Gasteiger charge is -2.32. The van der Waals surface area contributed by atoms with Crippen molar-refractivity contribution in [1.29, 1.82) is 0 Å². The second kappa shape index (κ2) is 7.09. The lowest BCUT2D eigenvalue weighted by molar-refractivity contribution is 0.0903. The summed E-state index contributed by atoms with van der Waals surface area (Å²) in [6, 6.07) is 5.28. The Balaban J connectivity index is 1.50. The van der Waals surface area contributed by atoms with Crippen molar-refractivity contribution in [2.45, 2.75) is 25.4 Å². The minimum Gasteiger partial charge on any atom is -0.348 e. The van der Waals surface area contributed by atoms with Crippen LogP contribution in [0, 0.1) is 11.6 Å². The predicted molar refractivity (Wildman–Crippen MR) is 85.3 cm³/mol. The molecule has 0 saturated carbocycles. The number of carbonyl (C=O) groups excluding carboxylic acids is 1. The van der Waals surface area contributed by atoms with Crippen molar-refractivity contribution in [3.8, 4) is 0 Å².